The molecule has 1 aliphatic heterocycles. The van der Waals surface area contributed by atoms with E-state index in [1.165, 1.54) is 0 Å². The first-order valence-electron chi connectivity index (χ1n) is 17.8. The first-order chi connectivity index (χ1) is 22.9. The zero-order valence-corrected chi connectivity index (χ0v) is 29.8. The minimum atomic E-state index is -0.936. The highest BCUT2D eigenvalue weighted by atomic mass is 16.7. The number of fused-ring (bicyclic) bond motifs is 3. The molecule has 2 aromatic rings. The summed E-state index contributed by atoms with van der Waals surface area (Å²) in [5.74, 6) is 0.699. The van der Waals surface area contributed by atoms with Gasteiger partial charge in [0.15, 0.2) is 5.79 Å². The molecule has 1 aromatic heterocycles. The Morgan fingerprint density at radius 1 is 1.00 bits per heavy atom. The molecule has 1 spiro atoms. The van der Waals surface area contributed by atoms with E-state index >= 15 is 0 Å². The third-order valence-electron chi connectivity index (χ3n) is 13.2. The molecule has 2 heterocycles. The van der Waals surface area contributed by atoms with Gasteiger partial charge < -0.3 is 38.3 Å². The lowest BCUT2D eigenvalue weighted by Crippen LogP contribution is -2.78. The number of ether oxygens (including phenoxy) is 7. The van der Waals surface area contributed by atoms with Crippen LogP contribution < -0.4 is 4.74 Å². The Labute approximate surface area is 284 Å². The van der Waals surface area contributed by atoms with Crippen LogP contribution in [0.3, 0.4) is 0 Å². The topological polar surface area (TPSA) is 116 Å². The summed E-state index contributed by atoms with van der Waals surface area (Å²) in [7, 11) is 5.04. The molecule has 11 heteroatoms. The SMILES string of the molecule is COCOC1C[C@]2(C)[C@@H](Cn3cc(-c4ccc(OC)cc4)nn3)CC[C@]2(OCOC)C2CC[C@]3(O)C[C@@H](C)C[C@H]4OC(C)(C)OC[C@]43C12. The van der Waals surface area contributed by atoms with E-state index in [0.717, 1.165) is 55.5 Å². The predicted molar refractivity (Wildman–Crippen MR) is 177 cm³/mol. The third kappa shape index (κ3) is 5.26. The molecule has 3 unspecified atom stereocenters. The van der Waals surface area contributed by atoms with E-state index < -0.39 is 22.4 Å². The number of hydrogen-bond donors (Lipinski definition) is 1. The minimum Gasteiger partial charge on any atom is -0.497 e. The quantitative estimate of drug-likeness (QED) is 0.328. The van der Waals surface area contributed by atoms with Gasteiger partial charge in [-0.05, 0) is 101 Å². The van der Waals surface area contributed by atoms with Gasteiger partial charge in [0.2, 0.25) is 0 Å². The van der Waals surface area contributed by atoms with Crippen LogP contribution in [-0.4, -0.2) is 90.8 Å². The van der Waals surface area contributed by atoms with Crippen LogP contribution in [0.5, 0.6) is 5.75 Å². The lowest BCUT2D eigenvalue weighted by atomic mass is 9.39. The van der Waals surface area contributed by atoms with Crippen LogP contribution in [0.25, 0.3) is 11.3 Å². The number of methoxy groups -OCH3 is 3. The minimum absolute atomic E-state index is 0.0586. The van der Waals surface area contributed by atoms with Crippen LogP contribution in [0.2, 0.25) is 0 Å². The third-order valence-corrected chi connectivity index (χ3v) is 13.2. The molecule has 0 radical (unpaired) electrons. The van der Waals surface area contributed by atoms with E-state index in [0.29, 0.717) is 25.5 Å². The molecule has 4 aliphatic carbocycles. The fraction of sp³-hybridized carbons (Fsp3) is 0.784. The normalized spacial score (nSPS) is 41.6. The van der Waals surface area contributed by atoms with Crippen molar-refractivity contribution in [2.75, 3.05) is 41.5 Å². The summed E-state index contributed by atoms with van der Waals surface area (Å²) in [6.45, 7) is 10.1. The van der Waals surface area contributed by atoms with Gasteiger partial charge in [-0.2, -0.15) is 0 Å². The standard InChI is InChI=1S/C37H55N3O8/c1-24-16-31-36(21-46-33(2,3)48-31)32-28(13-14-35(36,41)17-24)37(47-23-43-6)15-12-26(34(37,4)18-30(32)45-22-42-5)19-40-20-29(38-39-40)25-8-10-27(44-7)11-9-25/h8-11,20,24,26,28,30-32,41H,12-19,21-23H2,1-7H3/t24-,26+,28?,30?,31+,32?,34+,35-,36+,37-/m0/s1. The molecule has 5 aliphatic rings. The Morgan fingerprint density at radius 2 is 1.77 bits per heavy atom. The molecule has 0 bridgehead atoms. The smallest absolute Gasteiger partial charge is 0.163 e. The van der Waals surface area contributed by atoms with Crippen LogP contribution >= 0.6 is 0 Å². The molecule has 266 valence electrons. The molecule has 4 saturated carbocycles. The van der Waals surface area contributed by atoms with E-state index in [2.05, 4.69) is 24.2 Å². The van der Waals surface area contributed by atoms with Crippen molar-refractivity contribution < 1.29 is 38.3 Å². The molecule has 10 atom stereocenters. The lowest BCUT2D eigenvalue weighted by molar-refractivity contribution is -0.405. The van der Waals surface area contributed by atoms with E-state index in [1.54, 1.807) is 21.3 Å². The maximum atomic E-state index is 12.8. The van der Waals surface area contributed by atoms with Crippen molar-refractivity contribution in [2.24, 2.45) is 34.5 Å². The molecule has 1 aromatic carbocycles. The Hall–Kier alpha value is -2.12. The highest BCUT2D eigenvalue weighted by Crippen LogP contribution is 2.72. The van der Waals surface area contributed by atoms with Crippen LogP contribution in [0.1, 0.15) is 72.6 Å². The number of aliphatic hydroxyl groups is 1. The van der Waals surface area contributed by atoms with Gasteiger partial charge in [-0.25, -0.2) is 0 Å². The van der Waals surface area contributed by atoms with Crippen molar-refractivity contribution >= 4 is 0 Å². The van der Waals surface area contributed by atoms with Gasteiger partial charge in [0.05, 0.1) is 48.7 Å². The number of rotatable bonds is 10. The van der Waals surface area contributed by atoms with E-state index in [-0.39, 0.29) is 49.0 Å². The molecule has 0 amide bonds. The molecule has 11 nitrogen and oxygen atoms in total. The first kappa shape index (κ1) is 34.3. The second-order valence-corrected chi connectivity index (χ2v) is 16.0. The number of hydrogen-bond acceptors (Lipinski definition) is 10. The fourth-order valence-corrected chi connectivity index (χ4v) is 11.2. The number of benzene rings is 1. The second kappa shape index (κ2) is 12.6. The Bertz CT molecular complexity index is 1440. The summed E-state index contributed by atoms with van der Waals surface area (Å²) in [6, 6.07) is 7.90. The van der Waals surface area contributed by atoms with Gasteiger partial charge >= 0.3 is 0 Å². The molecular formula is C37H55N3O8. The zero-order valence-electron chi connectivity index (χ0n) is 29.8. The van der Waals surface area contributed by atoms with E-state index in [1.807, 2.05) is 49.0 Å². The van der Waals surface area contributed by atoms with Crippen molar-refractivity contribution in [3.63, 3.8) is 0 Å². The van der Waals surface area contributed by atoms with Gasteiger partial charge in [0.25, 0.3) is 0 Å². The monoisotopic (exact) mass is 669 g/mol. The van der Waals surface area contributed by atoms with E-state index in [9.17, 15) is 5.11 Å². The van der Waals surface area contributed by atoms with Crippen molar-refractivity contribution in [2.45, 2.75) is 108 Å². The summed E-state index contributed by atoms with van der Waals surface area (Å²) in [4.78, 5) is 0. The Kier molecular flexibility index (Phi) is 9.00. The zero-order chi connectivity index (χ0) is 34.0. The van der Waals surface area contributed by atoms with Crippen molar-refractivity contribution in [1.82, 2.24) is 15.0 Å². The summed E-state index contributed by atoms with van der Waals surface area (Å²) in [5.41, 5.74) is -0.530. The van der Waals surface area contributed by atoms with Crippen molar-refractivity contribution in [3.8, 4) is 17.0 Å². The van der Waals surface area contributed by atoms with Gasteiger partial charge in [-0.3, -0.25) is 4.68 Å². The lowest BCUT2D eigenvalue weighted by Gasteiger charge is -2.71. The summed E-state index contributed by atoms with van der Waals surface area (Å²) in [6.07, 6.45) is 7.39. The highest BCUT2D eigenvalue weighted by molar-refractivity contribution is 5.58. The molecule has 1 saturated heterocycles. The molecule has 1 N–H and O–H groups in total. The Balaban J connectivity index is 1.27. The van der Waals surface area contributed by atoms with Crippen LogP contribution in [0, 0.1) is 34.5 Å². The average Bonchev–Trinajstić information content (AvgIpc) is 3.63. The average molecular weight is 670 g/mol. The van der Waals surface area contributed by atoms with Crippen molar-refractivity contribution in [3.05, 3.63) is 30.5 Å². The summed E-state index contributed by atoms with van der Waals surface area (Å²) >= 11 is 0. The molecule has 48 heavy (non-hydrogen) atoms. The summed E-state index contributed by atoms with van der Waals surface area (Å²) < 4.78 is 45.7. The van der Waals surface area contributed by atoms with Crippen LogP contribution in [0.4, 0.5) is 0 Å². The maximum absolute atomic E-state index is 12.8. The largest absolute Gasteiger partial charge is 0.497 e. The fourth-order valence-electron chi connectivity index (χ4n) is 11.2. The van der Waals surface area contributed by atoms with Crippen LogP contribution in [0.15, 0.2) is 30.5 Å². The Morgan fingerprint density at radius 3 is 2.50 bits per heavy atom. The second-order valence-electron chi connectivity index (χ2n) is 16.0. The van der Waals surface area contributed by atoms with Crippen molar-refractivity contribution in [1.29, 1.82) is 0 Å². The number of nitrogens with zero attached hydrogens (tertiary/aromatic N) is 3. The van der Waals surface area contributed by atoms with Gasteiger partial charge in [0.1, 0.15) is 25.0 Å². The molecular weight excluding hydrogens is 614 g/mol. The first-order valence-corrected chi connectivity index (χ1v) is 17.8. The van der Waals surface area contributed by atoms with Gasteiger partial charge in [-0.15, -0.1) is 5.10 Å². The van der Waals surface area contributed by atoms with Gasteiger partial charge in [0, 0.05) is 37.7 Å². The summed E-state index contributed by atoms with van der Waals surface area (Å²) in [5, 5.41) is 21.9. The van der Waals surface area contributed by atoms with E-state index in [4.69, 9.17) is 33.2 Å². The predicted octanol–water partition coefficient (Wildman–Crippen LogP) is 5.45. The highest BCUT2D eigenvalue weighted by Gasteiger charge is 2.77. The maximum Gasteiger partial charge on any atom is 0.163 e. The number of aromatic nitrogens is 3. The molecule has 7 rings (SSSR count). The molecule has 5 fully saturated rings. The van der Waals surface area contributed by atoms with Crippen LogP contribution in [-0.2, 0) is 35.0 Å². The van der Waals surface area contributed by atoms with Gasteiger partial charge in [-0.1, -0.05) is 19.1 Å².